The number of phenols is 4. The van der Waals surface area contributed by atoms with Crippen molar-refractivity contribution in [2.45, 2.75) is 25.3 Å². The second-order valence-electron chi connectivity index (χ2n) is 8.72. The maximum atomic E-state index is 12.3. The second kappa shape index (κ2) is 14.6. The van der Waals surface area contributed by atoms with E-state index >= 15 is 0 Å². The van der Waals surface area contributed by atoms with E-state index in [0.29, 0.717) is 19.6 Å². The highest BCUT2D eigenvalue weighted by atomic mass is 16.5. The molecule has 12 nitrogen and oxygen atoms in total. The molecular formula is C26H35N5O7. The summed E-state index contributed by atoms with van der Waals surface area (Å²) in [4.78, 5) is 28.5. The largest absolute Gasteiger partial charge is 0.504 e. The van der Waals surface area contributed by atoms with Gasteiger partial charge in [0.25, 0.3) is 5.91 Å². The van der Waals surface area contributed by atoms with Crippen LogP contribution in [0.5, 0.6) is 23.0 Å². The van der Waals surface area contributed by atoms with Gasteiger partial charge in [0, 0.05) is 19.6 Å². The van der Waals surface area contributed by atoms with Gasteiger partial charge in [-0.3, -0.25) is 9.59 Å². The Morgan fingerprint density at radius 1 is 0.789 bits per heavy atom. The van der Waals surface area contributed by atoms with E-state index in [0.717, 1.165) is 38.9 Å². The Morgan fingerprint density at radius 2 is 1.45 bits per heavy atom. The lowest BCUT2D eigenvalue weighted by Gasteiger charge is -2.09. The molecular weight excluding hydrogens is 494 g/mol. The summed E-state index contributed by atoms with van der Waals surface area (Å²) in [5.41, 5.74) is 0.292. The van der Waals surface area contributed by atoms with Crippen LogP contribution >= 0.6 is 0 Å². The van der Waals surface area contributed by atoms with Gasteiger partial charge in [0.05, 0.1) is 11.1 Å². The standard InChI is InChI=1S/C26H35N5O7/c32-20-8-3-6-17(22(20)34)24(36)29-13-5-12-27-10-1-2-11-28-14-15-30-25(37)19-16-38-26(31-19)18-7-4-9-21(33)23(18)35/h3-4,6-9,19,27-28,32-35H,1-2,5,10-16H2,(H,29,36)(H,30,37)/t19-/m0/s1. The van der Waals surface area contributed by atoms with Crippen LogP contribution in [0.2, 0.25) is 0 Å². The van der Waals surface area contributed by atoms with E-state index in [1.54, 1.807) is 12.1 Å². The smallest absolute Gasteiger partial charge is 0.255 e. The zero-order valence-corrected chi connectivity index (χ0v) is 21.1. The molecule has 1 atom stereocenters. The number of para-hydroxylation sites is 2. The molecule has 38 heavy (non-hydrogen) atoms. The Morgan fingerprint density at radius 3 is 2.21 bits per heavy atom. The van der Waals surface area contributed by atoms with Crippen molar-refractivity contribution in [1.82, 2.24) is 21.3 Å². The molecule has 1 aliphatic heterocycles. The first-order chi connectivity index (χ1) is 18.4. The molecule has 0 aromatic heterocycles. The molecule has 2 aromatic carbocycles. The molecule has 3 rings (SSSR count). The third kappa shape index (κ3) is 8.25. The third-order valence-corrected chi connectivity index (χ3v) is 5.83. The minimum Gasteiger partial charge on any atom is -0.504 e. The number of hydrogen-bond donors (Lipinski definition) is 8. The van der Waals surface area contributed by atoms with Gasteiger partial charge < -0.3 is 46.4 Å². The van der Waals surface area contributed by atoms with Crippen molar-refractivity contribution in [3.8, 4) is 23.0 Å². The fourth-order valence-corrected chi connectivity index (χ4v) is 3.73. The van der Waals surface area contributed by atoms with Crippen LogP contribution in [0.4, 0.5) is 0 Å². The maximum Gasteiger partial charge on any atom is 0.255 e. The minimum absolute atomic E-state index is 0.0475. The number of benzene rings is 2. The molecule has 0 fully saturated rings. The third-order valence-electron chi connectivity index (χ3n) is 5.83. The lowest BCUT2D eigenvalue weighted by Crippen LogP contribution is -2.38. The van der Waals surface area contributed by atoms with Crippen molar-refractivity contribution in [3.05, 3.63) is 47.5 Å². The summed E-state index contributed by atoms with van der Waals surface area (Å²) in [5, 5.41) is 50.8. The summed E-state index contributed by atoms with van der Waals surface area (Å²) in [6.07, 6.45) is 2.67. The number of ether oxygens (including phenoxy) is 1. The average molecular weight is 530 g/mol. The van der Waals surface area contributed by atoms with Gasteiger partial charge in [0.1, 0.15) is 6.61 Å². The Bertz CT molecular complexity index is 1130. The average Bonchev–Trinajstić information content (AvgIpc) is 3.40. The lowest BCUT2D eigenvalue weighted by molar-refractivity contribution is -0.122. The predicted octanol–water partition coefficient (Wildman–Crippen LogP) is 0.550. The van der Waals surface area contributed by atoms with E-state index in [-0.39, 0.29) is 46.8 Å². The molecule has 0 saturated carbocycles. The van der Waals surface area contributed by atoms with Gasteiger partial charge in [-0.05, 0) is 63.2 Å². The second-order valence-corrected chi connectivity index (χ2v) is 8.72. The SMILES string of the molecule is O=C(NCCCNCCCCNCCNC(=O)[C@@H]1COC(c2cccc(O)c2O)=N1)c1cccc(O)c1O. The summed E-state index contributed by atoms with van der Waals surface area (Å²) in [6.45, 7) is 3.98. The van der Waals surface area contributed by atoms with Crippen molar-refractivity contribution in [1.29, 1.82) is 0 Å². The number of aliphatic imine (C=N–C) groups is 1. The van der Waals surface area contributed by atoms with Crippen LogP contribution in [0.3, 0.4) is 0 Å². The lowest BCUT2D eigenvalue weighted by atomic mass is 10.1. The van der Waals surface area contributed by atoms with Crippen molar-refractivity contribution in [2.75, 3.05) is 45.9 Å². The van der Waals surface area contributed by atoms with Crippen molar-refractivity contribution >= 4 is 17.7 Å². The first-order valence-electron chi connectivity index (χ1n) is 12.6. The van der Waals surface area contributed by atoms with E-state index in [4.69, 9.17) is 4.74 Å². The minimum atomic E-state index is -0.704. The van der Waals surface area contributed by atoms with Crippen molar-refractivity contribution in [2.24, 2.45) is 4.99 Å². The molecule has 0 bridgehead atoms. The van der Waals surface area contributed by atoms with Crippen molar-refractivity contribution in [3.63, 3.8) is 0 Å². The highest BCUT2D eigenvalue weighted by Crippen LogP contribution is 2.30. The maximum absolute atomic E-state index is 12.3. The van der Waals surface area contributed by atoms with E-state index in [1.807, 2.05) is 0 Å². The summed E-state index contributed by atoms with van der Waals surface area (Å²) >= 11 is 0. The topological polar surface area (TPSA) is 185 Å². The summed E-state index contributed by atoms with van der Waals surface area (Å²) in [5.74, 6) is -1.91. The molecule has 0 radical (unpaired) electrons. The fraction of sp³-hybridized carbons (Fsp3) is 0.423. The summed E-state index contributed by atoms with van der Waals surface area (Å²) < 4.78 is 5.42. The Hall–Kier alpha value is -4.03. The summed E-state index contributed by atoms with van der Waals surface area (Å²) in [7, 11) is 0. The van der Waals surface area contributed by atoms with Crippen LogP contribution in [0, 0.1) is 0 Å². The van der Waals surface area contributed by atoms with Gasteiger partial charge >= 0.3 is 0 Å². The molecule has 8 N–H and O–H groups in total. The predicted molar refractivity (Wildman–Crippen MR) is 141 cm³/mol. The fourth-order valence-electron chi connectivity index (χ4n) is 3.73. The van der Waals surface area contributed by atoms with Gasteiger partial charge in [-0.25, -0.2) is 4.99 Å². The van der Waals surface area contributed by atoms with E-state index < -0.39 is 17.7 Å². The quantitative estimate of drug-likeness (QED) is 0.121. The Labute approximate surface area is 220 Å². The molecule has 12 heteroatoms. The van der Waals surface area contributed by atoms with E-state index in [2.05, 4.69) is 26.3 Å². The molecule has 1 heterocycles. The van der Waals surface area contributed by atoms with Crippen molar-refractivity contribution < 1.29 is 34.8 Å². The normalized spacial score (nSPS) is 14.5. The molecule has 0 unspecified atom stereocenters. The molecule has 1 aliphatic rings. The van der Waals surface area contributed by atoms with E-state index in [9.17, 15) is 30.0 Å². The first kappa shape index (κ1) is 28.5. The number of aromatic hydroxyl groups is 4. The Kier molecular flexibility index (Phi) is 11.0. The number of hydrogen-bond acceptors (Lipinski definition) is 10. The van der Waals surface area contributed by atoms with Gasteiger partial charge in [-0.1, -0.05) is 12.1 Å². The zero-order valence-electron chi connectivity index (χ0n) is 21.1. The van der Waals surface area contributed by atoms with Gasteiger partial charge in [-0.2, -0.15) is 0 Å². The van der Waals surface area contributed by atoms with Crippen LogP contribution in [0.25, 0.3) is 0 Å². The zero-order chi connectivity index (χ0) is 27.3. The number of carbonyl (C=O) groups excluding carboxylic acids is 2. The Balaban J connectivity index is 1.16. The summed E-state index contributed by atoms with van der Waals surface area (Å²) in [6, 6.07) is 8.03. The highest BCUT2D eigenvalue weighted by molar-refractivity contribution is 6.01. The first-order valence-corrected chi connectivity index (χ1v) is 12.6. The molecule has 2 amide bonds. The number of carbonyl (C=O) groups is 2. The number of amides is 2. The number of nitrogens with zero attached hydrogens (tertiary/aromatic N) is 1. The number of nitrogens with one attached hydrogen (secondary N) is 4. The highest BCUT2D eigenvalue weighted by Gasteiger charge is 2.28. The van der Waals surface area contributed by atoms with Gasteiger partial charge in [0.15, 0.2) is 29.0 Å². The molecule has 0 spiro atoms. The van der Waals surface area contributed by atoms with Crippen LogP contribution in [0.1, 0.15) is 35.2 Å². The van der Waals surface area contributed by atoms with Gasteiger partial charge in [-0.15, -0.1) is 0 Å². The van der Waals surface area contributed by atoms with Crippen LogP contribution in [0.15, 0.2) is 41.4 Å². The van der Waals surface area contributed by atoms with Crippen LogP contribution in [-0.2, 0) is 9.53 Å². The monoisotopic (exact) mass is 529 g/mol. The molecule has 206 valence electrons. The molecule has 2 aromatic rings. The number of phenolic OH excluding ortho intramolecular Hbond substituents is 4. The van der Waals surface area contributed by atoms with Crippen LogP contribution < -0.4 is 21.3 Å². The van der Waals surface area contributed by atoms with E-state index in [1.165, 1.54) is 24.3 Å². The number of unbranched alkanes of at least 4 members (excludes halogenated alkanes) is 1. The molecule has 0 saturated heterocycles. The van der Waals surface area contributed by atoms with Crippen LogP contribution in [-0.4, -0.2) is 90.1 Å². The molecule has 0 aliphatic carbocycles. The number of rotatable bonds is 15. The van der Waals surface area contributed by atoms with Gasteiger partial charge in [0.2, 0.25) is 11.8 Å².